The Bertz CT molecular complexity index is 1030. The van der Waals surface area contributed by atoms with Crippen LogP contribution in [0.15, 0.2) is 47.4 Å². The Morgan fingerprint density at radius 3 is 2.81 bits per heavy atom. The monoisotopic (exact) mass is 387 g/mol. The number of pyridine rings is 1. The lowest BCUT2D eigenvalue weighted by atomic mass is 10.2. The van der Waals surface area contributed by atoms with Gasteiger partial charge in [-0.3, -0.25) is 14.0 Å². The molecule has 3 rings (SSSR count). The van der Waals surface area contributed by atoms with Crippen molar-refractivity contribution < 1.29 is 4.79 Å². The molecule has 0 aliphatic heterocycles. The van der Waals surface area contributed by atoms with Crippen molar-refractivity contribution in [2.45, 2.75) is 19.6 Å². The second-order valence-corrected chi connectivity index (χ2v) is 7.42. The predicted molar refractivity (Wildman–Crippen MR) is 107 cm³/mol. The number of nitrogens with zero attached hydrogens (tertiary/aromatic N) is 2. The van der Waals surface area contributed by atoms with E-state index in [0.29, 0.717) is 27.8 Å². The lowest BCUT2D eigenvalue weighted by Crippen LogP contribution is -2.16. The second-order valence-electron chi connectivity index (χ2n) is 6.03. The number of halogens is 1. The molecular weight excluding hydrogens is 370 g/mol. The highest BCUT2D eigenvalue weighted by molar-refractivity contribution is 7.99. The molecule has 0 saturated carbocycles. The fourth-order valence-electron chi connectivity index (χ4n) is 2.45. The van der Waals surface area contributed by atoms with E-state index in [0.717, 1.165) is 11.1 Å². The van der Waals surface area contributed by atoms with Crippen LogP contribution < -0.4 is 10.9 Å². The van der Waals surface area contributed by atoms with Gasteiger partial charge in [0, 0.05) is 28.7 Å². The van der Waals surface area contributed by atoms with Crippen LogP contribution in [0.5, 0.6) is 0 Å². The molecule has 0 spiro atoms. The molecule has 1 amide bonds. The fraction of sp³-hybridized carbons (Fsp3) is 0.211. The summed E-state index contributed by atoms with van der Waals surface area (Å²) in [5.74, 6) is 0.630. The maximum absolute atomic E-state index is 12.2. The van der Waals surface area contributed by atoms with E-state index >= 15 is 0 Å². The molecule has 0 atom stereocenters. The minimum absolute atomic E-state index is 0.118. The SMILES string of the molecule is Cc1ccc2nc(CSCC(=O)Nc3ccc(C)c(Cl)c3)cc(=O)n2c1. The van der Waals surface area contributed by atoms with Crippen LogP contribution in [0.3, 0.4) is 0 Å². The van der Waals surface area contributed by atoms with Crippen LogP contribution in [-0.4, -0.2) is 21.0 Å². The summed E-state index contributed by atoms with van der Waals surface area (Å²) in [5, 5.41) is 3.43. The number of fused-ring (bicyclic) bond motifs is 1. The first-order chi connectivity index (χ1) is 12.4. The molecule has 0 saturated heterocycles. The van der Waals surface area contributed by atoms with Crippen molar-refractivity contribution in [2.75, 3.05) is 11.1 Å². The molecule has 2 heterocycles. The third-order valence-corrected chi connectivity index (χ3v) is 5.17. The topological polar surface area (TPSA) is 63.5 Å². The number of aryl methyl sites for hydroxylation is 2. The molecule has 0 bridgehead atoms. The van der Waals surface area contributed by atoms with Crippen molar-refractivity contribution in [2.24, 2.45) is 0 Å². The molecule has 5 nitrogen and oxygen atoms in total. The number of nitrogens with one attached hydrogen (secondary N) is 1. The number of anilines is 1. The van der Waals surface area contributed by atoms with Crippen LogP contribution in [0.1, 0.15) is 16.8 Å². The molecule has 1 aromatic carbocycles. The summed E-state index contributed by atoms with van der Waals surface area (Å²) in [6, 6.07) is 10.7. The Labute approximate surface area is 160 Å². The van der Waals surface area contributed by atoms with E-state index in [1.807, 2.05) is 38.1 Å². The number of aromatic nitrogens is 2. The number of hydrogen-bond acceptors (Lipinski definition) is 4. The van der Waals surface area contributed by atoms with E-state index in [-0.39, 0.29) is 17.2 Å². The molecule has 0 aliphatic carbocycles. The number of hydrogen-bond donors (Lipinski definition) is 1. The van der Waals surface area contributed by atoms with Crippen molar-refractivity contribution >= 4 is 40.6 Å². The summed E-state index contributed by atoms with van der Waals surface area (Å²) in [5.41, 5.74) is 3.78. The zero-order chi connectivity index (χ0) is 18.7. The Morgan fingerprint density at radius 2 is 2.04 bits per heavy atom. The van der Waals surface area contributed by atoms with Gasteiger partial charge in [0.1, 0.15) is 5.65 Å². The first kappa shape index (κ1) is 18.5. The summed E-state index contributed by atoms with van der Waals surface area (Å²) in [6.07, 6.45) is 1.77. The van der Waals surface area contributed by atoms with Crippen LogP contribution in [0.2, 0.25) is 5.02 Å². The number of carbonyl (C=O) groups is 1. The summed E-state index contributed by atoms with van der Waals surface area (Å²) in [7, 11) is 0. The van der Waals surface area contributed by atoms with Crippen molar-refractivity contribution in [3.63, 3.8) is 0 Å². The maximum Gasteiger partial charge on any atom is 0.258 e. The van der Waals surface area contributed by atoms with Gasteiger partial charge in [0.05, 0.1) is 11.4 Å². The zero-order valence-electron chi connectivity index (χ0n) is 14.5. The molecule has 26 heavy (non-hydrogen) atoms. The van der Waals surface area contributed by atoms with Gasteiger partial charge in [-0.2, -0.15) is 0 Å². The molecule has 7 heteroatoms. The molecular formula is C19H18ClN3O2S. The second kappa shape index (κ2) is 7.93. The zero-order valence-corrected chi connectivity index (χ0v) is 16.0. The summed E-state index contributed by atoms with van der Waals surface area (Å²) in [6.45, 7) is 3.83. The third kappa shape index (κ3) is 4.45. The van der Waals surface area contributed by atoms with Gasteiger partial charge in [0.15, 0.2) is 0 Å². The van der Waals surface area contributed by atoms with E-state index in [9.17, 15) is 9.59 Å². The van der Waals surface area contributed by atoms with Crippen LogP contribution >= 0.6 is 23.4 Å². The van der Waals surface area contributed by atoms with Gasteiger partial charge < -0.3 is 5.32 Å². The molecule has 1 N–H and O–H groups in total. The summed E-state index contributed by atoms with van der Waals surface area (Å²) < 4.78 is 1.53. The molecule has 0 aliphatic rings. The van der Waals surface area contributed by atoms with Gasteiger partial charge in [0.2, 0.25) is 5.91 Å². The quantitative estimate of drug-likeness (QED) is 0.722. The van der Waals surface area contributed by atoms with E-state index in [2.05, 4.69) is 10.3 Å². The number of benzene rings is 1. The summed E-state index contributed by atoms with van der Waals surface area (Å²) >= 11 is 7.46. The van der Waals surface area contributed by atoms with Gasteiger partial charge in [0.25, 0.3) is 5.56 Å². The Kier molecular flexibility index (Phi) is 5.64. The van der Waals surface area contributed by atoms with Gasteiger partial charge >= 0.3 is 0 Å². The number of amides is 1. The largest absolute Gasteiger partial charge is 0.325 e. The Balaban J connectivity index is 1.60. The fourth-order valence-corrected chi connectivity index (χ4v) is 3.35. The van der Waals surface area contributed by atoms with Crippen molar-refractivity contribution in [3.05, 3.63) is 74.8 Å². The van der Waals surface area contributed by atoms with Gasteiger partial charge in [-0.15, -0.1) is 11.8 Å². The average molecular weight is 388 g/mol. The highest BCUT2D eigenvalue weighted by atomic mass is 35.5. The van der Waals surface area contributed by atoms with Gasteiger partial charge in [-0.1, -0.05) is 23.7 Å². The molecule has 0 unspecified atom stereocenters. The van der Waals surface area contributed by atoms with Crippen LogP contribution in [0, 0.1) is 13.8 Å². The van der Waals surface area contributed by atoms with E-state index in [1.54, 1.807) is 12.3 Å². The highest BCUT2D eigenvalue weighted by Crippen LogP contribution is 2.20. The summed E-state index contributed by atoms with van der Waals surface area (Å²) in [4.78, 5) is 28.7. The standard InChI is InChI=1S/C19H18ClN3O2S/c1-12-3-6-17-21-15(8-19(25)23(17)9-12)10-26-11-18(24)22-14-5-4-13(2)16(20)7-14/h3-9H,10-11H2,1-2H3,(H,22,24). The smallest absolute Gasteiger partial charge is 0.258 e. The van der Waals surface area contributed by atoms with Crippen LogP contribution in [0.4, 0.5) is 5.69 Å². The molecule has 134 valence electrons. The first-order valence-corrected chi connectivity index (χ1v) is 9.58. The first-order valence-electron chi connectivity index (χ1n) is 8.05. The maximum atomic E-state index is 12.2. The normalized spacial score (nSPS) is 10.9. The lowest BCUT2D eigenvalue weighted by molar-refractivity contribution is -0.113. The van der Waals surface area contributed by atoms with Crippen molar-refractivity contribution in [3.8, 4) is 0 Å². The Hall–Kier alpha value is -2.31. The number of carbonyl (C=O) groups excluding carboxylic acids is 1. The number of thioether (sulfide) groups is 1. The van der Waals surface area contributed by atoms with Crippen LogP contribution in [0.25, 0.3) is 5.65 Å². The highest BCUT2D eigenvalue weighted by Gasteiger charge is 2.07. The van der Waals surface area contributed by atoms with Gasteiger partial charge in [-0.05, 0) is 43.2 Å². The van der Waals surface area contributed by atoms with E-state index in [1.165, 1.54) is 22.2 Å². The molecule has 3 aromatic rings. The average Bonchev–Trinajstić information content (AvgIpc) is 2.59. The number of rotatable bonds is 5. The molecule has 0 fully saturated rings. The van der Waals surface area contributed by atoms with E-state index in [4.69, 9.17) is 11.6 Å². The minimum Gasteiger partial charge on any atom is -0.325 e. The van der Waals surface area contributed by atoms with Crippen molar-refractivity contribution in [1.29, 1.82) is 0 Å². The van der Waals surface area contributed by atoms with Crippen molar-refractivity contribution in [1.82, 2.24) is 9.38 Å². The predicted octanol–water partition coefficient (Wildman–Crippen LogP) is 3.84. The van der Waals surface area contributed by atoms with Gasteiger partial charge in [-0.25, -0.2) is 4.98 Å². The lowest BCUT2D eigenvalue weighted by Gasteiger charge is -2.07. The van der Waals surface area contributed by atoms with Crippen LogP contribution in [-0.2, 0) is 10.5 Å². The Morgan fingerprint density at radius 1 is 1.23 bits per heavy atom. The van der Waals surface area contributed by atoms with E-state index < -0.39 is 0 Å². The molecule has 2 aromatic heterocycles. The minimum atomic E-state index is -0.122. The molecule has 0 radical (unpaired) electrons. The third-order valence-electron chi connectivity index (χ3n) is 3.80.